The van der Waals surface area contributed by atoms with Crippen LogP contribution in [0, 0.1) is 0 Å². The number of carboxylic acid groups (broad SMARTS) is 1. The lowest BCUT2D eigenvalue weighted by molar-refractivity contribution is -0.192. The molecule has 0 spiro atoms. The number of hydrogen-bond acceptors (Lipinski definition) is 10. The molecule has 0 saturated carbocycles. The van der Waals surface area contributed by atoms with Crippen molar-refractivity contribution in [2.24, 2.45) is 10.9 Å². The van der Waals surface area contributed by atoms with Gasteiger partial charge < -0.3 is 10.8 Å². The molecule has 4 rings (SSSR count). The van der Waals surface area contributed by atoms with Crippen LogP contribution in [0.1, 0.15) is 0 Å². The Bertz CT molecular complexity index is 1690. The molecule has 0 aliphatic heterocycles. The maximum atomic E-state index is 12.8. The maximum Gasteiger partial charge on any atom is 0.490 e. The topological polar surface area (TPSA) is 225 Å². The number of H-pyrrole nitrogens is 1. The van der Waals surface area contributed by atoms with E-state index in [-0.39, 0.29) is 17.9 Å². The van der Waals surface area contributed by atoms with Crippen molar-refractivity contribution in [3.8, 4) is 22.5 Å². The maximum absolute atomic E-state index is 12.8. The molecule has 0 saturated heterocycles. The van der Waals surface area contributed by atoms with Gasteiger partial charge >= 0.3 is 12.1 Å². The molecule has 6 N–H and O–H groups in total. The fourth-order valence-electron chi connectivity index (χ4n) is 3.32. The van der Waals surface area contributed by atoms with Crippen LogP contribution < -0.4 is 10.9 Å². The van der Waals surface area contributed by atoms with Crippen molar-refractivity contribution in [2.75, 3.05) is 12.3 Å². The van der Waals surface area contributed by atoms with Gasteiger partial charge in [-0.2, -0.15) is 18.4 Å². The number of carbonyl (C=O) groups is 1. The zero-order valence-electron chi connectivity index (χ0n) is 18.9. The van der Waals surface area contributed by atoms with Crippen molar-refractivity contribution < 1.29 is 39.9 Å². The van der Waals surface area contributed by atoms with E-state index in [1.807, 2.05) is 12.1 Å². The SMILES string of the molecule is NCCS(=O)(=O)c1ccc(-c2ccc3cccnc3c2)c(-c2nn[nH]n2)c1S(N)(=O)=O.O=C(O)C(F)(F)F. The summed E-state index contributed by atoms with van der Waals surface area (Å²) in [6.07, 6.45) is -3.45. The minimum absolute atomic E-state index is 0.0790. The number of alkyl halides is 3. The van der Waals surface area contributed by atoms with Crippen LogP contribution in [-0.2, 0) is 24.7 Å². The van der Waals surface area contributed by atoms with E-state index in [0.717, 1.165) is 5.39 Å². The van der Waals surface area contributed by atoms with Gasteiger partial charge in [-0.15, -0.1) is 10.2 Å². The molecular formula is C20H18F3N7O6S2. The number of halogens is 3. The summed E-state index contributed by atoms with van der Waals surface area (Å²) in [4.78, 5) is 12.1. The van der Waals surface area contributed by atoms with E-state index in [9.17, 15) is 30.0 Å². The number of benzene rings is 2. The number of hydrogen-bond donors (Lipinski definition) is 4. The third-order valence-corrected chi connectivity index (χ3v) is 7.76. The Hall–Kier alpha value is -4.00. The first-order valence-corrected chi connectivity index (χ1v) is 13.4. The molecule has 202 valence electrons. The van der Waals surface area contributed by atoms with Crippen molar-refractivity contribution in [1.29, 1.82) is 0 Å². The fraction of sp³-hybridized carbons (Fsp3) is 0.150. The highest BCUT2D eigenvalue weighted by Gasteiger charge is 2.38. The van der Waals surface area contributed by atoms with Crippen LogP contribution in [0.2, 0.25) is 0 Å². The van der Waals surface area contributed by atoms with Crippen LogP contribution in [0.25, 0.3) is 33.4 Å². The molecular weight excluding hydrogens is 555 g/mol. The van der Waals surface area contributed by atoms with Crippen LogP contribution in [0.4, 0.5) is 13.2 Å². The Labute approximate surface area is 212 Å². The van der Waals surface area contributed by atoms with E-state index >= 15 is 0 Å². The van der Waals surface area contributed by atoms with Crippen LogP contribution in [0.15, 0.2) is 58.5 Å². The number of pyridine rings is 1. The number of aromatic nitrogens is 5. The van der Waals surface area contributed by atoms with Crippen LogP contribution in [0.3, 0.4) is 0 Å². The largest absolute Gasteiger partial charge is 0.490 e. The molecule has 18 heteroatoms. The molecule has 0 aliphatic carbocycles. The van der Waals surface area contributed by atoms with E-state index in [2.05, 4.69) is 25.6 Å². The fourth-order valence-corrected chi connectivity index (χ4v) is 6.07. The summed E-state index contributed by atoms with van der Waals surface area (Å²) in [5.74, 6) is -3.34. The minimum atomic E-state index is -5.08. The standard InChI is InChI=1S/C18H17N7O4S2.C2HF3O2/c19-7-9-30(26,27)15-6-5-13(12-4-3-11-2-1-8-21-14(11)10-12)16(17(15)31(20,28)29)18-22-24-25-23-18;3-2(4,5)1(6)7/h1-6,8,10H,7,9,19H2,(H2,20,28,29)(H,22,23,24,25);(H,6,7). The Morgan fingerprint density at radius 2 is 1.76 bits per heavy atom. The molecule has 2 aromatic heterocycles. The molecule has 0 atom stereocenters. The van der Waals surface area contributed by atoms with Crippen molar-refractivity contribution in [3.63, 3.8) is 0 Å². The summed E-state index contributed by atoms with van der Waals surface area (Å²) in [6, 6.07) is 11.7. The first-order valence-electron chi connectivity index (χ1n) is 10.2. The van der Waals surface area contributed by atoms with E-state index in [1.54, 1.807) is 24.4 Å². The number of nitrogens with one attached hydrogen (secondary N) is 1. The van der Waals surface area contributed by atoms with Gasteiger partial charge in [-0.1, -0.05) is 24.3 Å². The van der Waals surface area contributed by atoms with Gasteiger partial charge in [0, 0.05) is 18.1 Å². The van der Waals surface area contributed by atoms with Crippen molar-refractivity contribution in [1.82, 2.24) is 25.6 Å². The number of carboxylic acids is 1. The van der Waals surface area contributed by atoms with Gasteiger partial charge in [0.15, 0.2) is 9.84 Å². The monoisotopic (exact) mass is 573 g/mol. The molecule has 0 unspecified atom stereocenters. The van der Waals surface area contributed by atoms with E-state index in [0.29, 0.717) is 16.6 Å². The highest BCUT2D eigenvalue weighted by atomic mass is 32.2. The first-order chi connectivity index (χ1) is 17.7. The highest BCUT2D eigenvalue weighted by molar-refractivity contribution is 7.93. The number of aromatic amines is 1. The lowest BCUT2D eigenvalue weighted by atomic mass is 9.98. The molecule has 2 aromatic carbocycles. The number of aliphatic carboxylic acids is 1. The molecule has 0 amide bonds. The summed E-state index contributed by atoms with van der Waals surface area (Å²) in [7, 11) is -8.58. The van der Waals surface area contributed by atoms with Gasteiger partial charge in [0.1, 0.15) is 4.90 Å². The second-order valence-electron chi connectivity index (χ2n) is 7.42. The van der Waals surface area contributed by atoms with Crippen LogP contribution in [0.5, 0.6) is 0 Å². The summed E-state index contributed by atoms with van der Waals surface area (Å²) in [5.41, 5.74) is 6.91. The highest BCUT2D eigenvalue weighted by Crippen LogP contribution is 2.39. The second-order valence-corrected chi connectivity index (χ2v) is 11.0. The third kappa shape index (κ3) is 6.28. The number of primary sulfonamides is 1. The molecule has 38 heavy (non-hydrogen) atoms. The predicted molar refractivity (Wildman–Crippen MR) is 127 cm³/mol. The number of sulfonamides is 1. The Kier molecular flexibility index (Phi) is 8.10. The number of tetrazole rings is 1. The van der Waals surface area contributed by atoms with Crippen LogP contribution in [-0.4, -0.2) is 72.0 Å². The van der Waals surface area contributed by atoms with Gasteiger partial charge in [0.05, 0.1) is 21.7 Å². The Balaban J connectivity index is 0.000000505. The number of rotatable bonds is 6. The van der Waals surface area contributed by atoms with E-state index in [4.69, 9.17) is 20.8 Å². The van der Waals surface area contributed by atoms with Crippen molar-refractivity contribution in [2.45, 2.75) is 16.0 Å². The van der Waals surface area contributed by atoms with Gasteiger partial charge in [0.25, 0.3) is 0 Å². The third-order valence-electron chi connectivity index (χ3n) is 4.86. The number of fused-ring (bicyclic) bond motifs is 1. The second kappa shape index (κ2) is 10.8. The van der Waals surface area contributed by atoms with Gasteiger partial charge in [-0.3, -0.25) is 4.98 Å². The Morgan fingerprint density at radius 1 is 1.08 bits per heavy atom. The lowest BCUT2D eigenvalue weighted by Crippen LogP contribution is -2.22. The van der Waals surface area contributed by atoms with Crippen molar-refractivity contribution in [3.05, 3.63) is 48.7 Å². The summed E-state index contributed by atoms with van der Waals surface area (Å²) >= 11 is 0. The van der Waals surface area contributed by atoms with Crippen molar-refractivity contribution >= 4 is 36.7 Å². The van der Waals surface area contributed by atoms with E-state index in [1.165, 1.54) is 12.1 Å². The molecule has 4 aromatic rings. The molecule has 0 fully saturated rings. The average molecular weight is 574 g/mol. The predicted octanol–water partition coefficient (Wildman–Crippen LogP) is 1.10. The lowest BCUT2D eigenvalue weighted by Gasteiger charge is -2.16. The molecule has 0 bridgehead atoms. The molecule has 13 nitrogen and oxygen atoms in total. The zero-order chi connectivity index (χ0) is 28.3. The summed E-state index contributed by atoms with van der Waals surface area (Å²) < 4.78 is 82.5. The number of nitrogens with zero attached hydrogens (tertiary/aromatic N) is 4. The zero-order valence-corrected chi connectivity index (χ0v) is 20.5. The number of nitrogens with two attached hydrogens (primary N) is 2. The van der Waals surface area contributed by atoms with Gasteiger partial charge in [-0.05, 0) is 34.5 Å². The normalized spacial score (nSPS) is 12.1. The Morgan fingerprint density at radius 3 is 2.32 bits per heavy atom. The number of sulfone groups is 1. The average Bonchev–Trinajstić information content (AvgIpc) is 3.37. The van der Waals surface area contributed by atoms with Gasteiger partial charge in [-0.25, -0.2) is 26.8 Å². The molecule has 0 radical (unpaired) electrons. The summed E-state index contributed by atoms with van der Waals surface area (Å²) in [5, 5.41) is 27.0. The smallest absolute Gasteiger partial charge is 0.475 e. The first kappa shape index (κ1) is 28.6. The van der Waals surface area contributed by atoms with E-state index < -0.39 is 47.5 Å². The minimum Gasteiger partial charge on any atom is -0.475 e. The quantitative estimate of drug-likeness (QED) is 0.255. The molecule has 2 heterocycles. The summed E-state index contributed by atoms with van der Waals surface area (Å²) in [6.45, 7) is -0.192. The van der Waals surface area contributed by atoms with Gasteiger partial charge in [0.2, 0.25) is 15.8 Å². The molecule has 0 aliphatic rings. The van der Waals surface area contributed by atoms with Crippen LogP contribution >= 0.6 is 0 Å².